The highest BCUT2D eigenvalue weighted by atomic mass is 32.1. The highest BCUT2D eigenvalue weighted by Gasteiger charge is 2.33. The van der Waals surface area contributed by atoms with Crippen LogP contribution >= 0.6 is 11.3 Å². The Morgan fingerprint density at radius 3 is 2.53 bits per heavy atom. The van der Waals surface area contributed by atoms with Crippen molar-refractivity contribution in [2.45, 2.75) is 51.6 Å². The standard InChI is InChI=1S/C23H29N5OS/c1-23(2,3)28-19(16-8-9-16)14-18(25-28)22(29)27-12-10-26(11-13-27)15-21-24-17-6-4-5-7-20(17)30-21/h4-7,14,16H,8-13,15H2,1-3H3. The monoisotopic (exact) mass is 423 g/mol. The van der Waals surface area contributed by atoms with Crippen LogP contribution in [0.1, 0.15) is 60.7 Å². The molecule has 0 unspecified atom stereocenters. The van der Waals surface area contributed by atoms with Crippen LogP contribution in [-0.2, 0) is 12.1 Å². The zero-order valence-electron chi connectivity index (χ0n) is 18.0. The number of hydrogen-bond acceptors (Lipinski definition) is 5. The van der Waals surface area contributed by atoms with Crippen molar-refractivity contribution in [3.05, 3.63) is 46.7 Å². The van der Waals surface area contributed by atoms with Crippen LogP contribution in [-0.4, -0.2) is 56.7 Å². The molecule has 0 radical (unpaired) electrons. The minimum Gasteiger partial charge on any atom is -0.335 e. The van der Waals surface area contributed by atoms with E-state index in [-0.39, 0.29) is 11.4 Å². The number of nitrogens with zero attached hydrogens (tertiary/aromatic N) is 5. The average molecular weight is 424 g/mol. The highest BCUT2D eigenvalue weighted by Crippen LogP contribution is 2.41. The molecule has 3 aromatic rings. The summed E-state index contributed by atoms with van der Waals surface area (Å²) in [4.78, 5) is 22.2. The predicted molar refractivity (Wildman–Crippen MR) is 120 cm³/mol. The third-order valence-electron chi connectivity index (χ3n) is 5.94. The number of fused-ring (bicyclic) bond motifs is 1. The van der Waals surface area contributed by atoms with Gasteiger partial charge in [0.25, 0.3) is 5.91 Å². The van der Waals surface area contributed by atoms with Crippen molar-refractivity contribution in [1.82, 2.24) is 24.6 Å². The molecule has 2 aromatic heterocycles. The van der Waals surface area contributed by atoms with Gasteiger partial charge < -0.3 is 4.90 Å². The van der Waals surface area contributed by atoms with Crippen molar-refractivity contribution in [3.63, 3.8) is 0 Å². The summed E-state index contributed by atoms with van der Waals surface area (Å²) >= 11 is 1.76. The lowest BCUT2D eigenvalue weighted by Crippen LogP contribution is -2.48. The fourth-order valence-corrected chi connectivity index (χ4v) is 5.17. The molecular weight excluding hydrogens is 394 g/mol. The van der Waals surface area contributed by atoms with Gasteiger partial charge in [0.05, 0.1) is 22.3 Å². The van der Waals surface area contributed by atoms with Crippen LogP contribution in [0.4, 0.5) is 0 Å². The number of amides is 1. The Bertz CT molecular complexity index is 1030. The Kier molecular flexibility index (Phi) is 4.90. The molecule has 2 fully saturated rings. The summed E-state index contributed by atoms with van der Waals surface area (Å²) in [5.74, 6) is 0.642. The van der Waals surface area contributed by atoms with Crippen LogP contribution in [0.25, 0.3) is 10.2 Å². The van der Waals surface area contributed by atoms with Gasteiger partial charge in [-0.25, -0.2) is 4.98 Å². The zero-order valence-corrected chi connectivity index (χ0v) is 18.8. The van der Waals surface area contributed by atoms with Crippen LogP contribution in [0.3, 0.4) is 0 Å². The lowest BCUT2D eigenvalue weighted by molar-refractivity contribution is 0.0621. The Morgan fingerprint density at radius 1 is 1.13 bits per heavy atom. The first kappa shape index (κ1) is 19.7. The van der Waals surface area contributed by atoms with Gasteiger partial charge in [0.15, 0.2) is 5.69 Å². The first-order valence-corrected chi connectivity index (χ1v) is 11.7. The molecule has 30 heavy (non-hydrogen) atoms. The predicted octanol–water partition coefficient (Wildman–Crippen LogP) is 4.08. The van der Waals surface area contributed by atoms with Crippen LogP contribution in [0, 0.1) is 0 Å². The largest absolute Gasteiger partial charge is 0.335 e. The van der Waals surface area contributed by atoms with Gasteiger partial charge in [0.1, 0.15) is 5.01 Å². The van der Waals surface area contributed by atoms with Gasteiger partial charge in [-0.3, -0.25) is 14.4 Å². The normalized spacial score (nSPS) is 18.3. The number of carbonyl (C=O) groups excluding carboxylic acids is 1. The van der Waals surface area contributed by atoms with Crippen molar-refractivity contribution in [2.75, 3.05) is 26.2 Å². The minimum absolute atomic E-state index is 0.0690. The number of hydrogen-bond donors (Lipinski definition) is 0. The molecule has 7 heteroatoms. The number of carbonyl (C=O) groups is 1. The van der Waals surface area contributed by atoms with E-state index >= 15 is 0 Å². The maximum Gasteiger partial charge on any atom is 0.274 e. The van der Waals surface area contributed by atoms with Gasteiger partial charge in [0.2, 0.25) is 0 Å². The summed E-state index contributed by atoms with van der Waals surface area (Å²) < 4.78 is 3.31. The summed E-state index contributed by atoms with van der Waals surface area (Å²) in [5, 5.41) is 5.88. The Balaban J connectivity index is 1.23. The average Bonchev–Trinajstić information content (AvgIpc) is 3.32. The molecule has 6 nitrogen and oxygen atoms in total. The molecule has 0 N–H and O–H groups in total. The number of thiazole rings is 1. The van der Waals surface area contributed by atoms with E-state index in [4.69, 9.17) is 10.1 Å². The number of piperazine rings is 1. The topological polar surface area (TPSA) is 54.3 Å². The van der Waals surface area contributed by atoms with Gasteiger partial charge in [-0.1, -0.05) is 12.1 Å². The second kappa shape index (κ2) is 7.46. The smallest absolute Gasteiger partial charge is 0.274 e. The fourth-order valence-electron chi connectivity index (χ4n) is 4.16. The molecule has 0 spiro atoms. The third-order valence-corrected chi connectivity index (χ3v) is 6.96. The summed E-state index contributed by atoms with van der Waals surface area (Å²) in [5.41, 5.74) is 2.80. The number of benzene rings is 1. The highest BCUT2D eigenvalue weighted by molar-refractivity contribution is 7.18. The van der Waals surface area contributed by atoms with Gasteiger partial charge in [-0.2, -0.15) is 5.10 Å². The molecule has 1 aliphatic carbocycles. The number of rotatable bonds is 4. The van der Waals surface area contributed by atoms with Crippen LogP contribution in [0.5, 0.6) is 0 Å². The Morgan fingerprint density at radius 2 is 1.87 bits per heavy atom. The van der Waals surface area contributed by atoms with Crippen molar-refractivity contribution in [1.29, 1.82) is 0 Å². The molecule has 1 aromatic carbocycles. The van der Waals surface area contributed by atoms with E-state index in [0.29, 0.717) is 11.6 Å². The summed E-state index contributed by atoms with van der Waals surface area (Å²) in [6.45, 7) is 10.5. The number of aromatic nitrogens is 3. The molecule has 0 bridgehead atoms. The van der Waals surface area contributed by atoms with E-state index in [0.717, 1.165) is 43.2 Å². The Labute approximate surface area is 181 Å². The maximum atomic E-state index is 13.1. The maximum absolute atomic E-state index is 13.1. The second-order valence-corrected chi connectivity index (χ2v) is 10.6. The third kappa shape index (κ3) is 3.88. The van der Waals surface area contributed by atoms with E-state index in [2.05, 4.69) is 48.6 Å². The lowest BCUT2D eigenvalue weighted by Gasteiger charge is -2.33. The van der Waals surface area contributed by atoms with Gasteiger partial charge in [0, 0.05) is 37.8 Å². The van der Waals surface area contributed by atoms with Crippen LogP contribution in [0.15, 0.2) is 30.3 Å². The Hall–Kier alpha value is -2.25. The van der Waals surface area contributed by atoms with E-state index in [9.17, 15) is 4.79 Å². The van der Waals surface area contributed by atoms with Crippen molar-refractivity contribution >= 4 is 27.5 Å². The molecule has 2 aliphatic rings. The van der Waals surface area contributed by atoms with Crippen molar-refractivity contribution in [3.8, 4) is 0 Å². The van der Waals surface area contributed by atoms with E-state index < -0.39 is 0 Å². The molecular formula is C23H29N5OS. The first-order valence-electron chi connectivity index (χ1n) is 10.8. The first-order chi connectivity index (χ1) is 14.4. The zero-order chi connectivity index (χ0) is 20.9. The lowest BCUT2D eigenvalue weighted by atomic mass is 10.1. The SMILES string of the molecule is CC(C)(C)n1nc(C(=O)N2CCN(Cc3nc4ccccc4s3)CC2)cc1C1CC1. The molecule has 1 saturated heterocycles. The molecule has 0 atom stereocenters. The molecule has 1 aliphatic heterocycles. The quantitative estimate of drug-likeness (QED) is 0.634. The second-order valence-electron chi connectivity index (χ2n) is 9.46. The molecule has 1 saturated carbocycles. The summed E-state index contributed by atoms with van der Waals surface area (Å²) in [6.07, 6.45) is 2.42. The summed E-state index contributed by atoms with van der Waals surface area (Å²) in [6, 6.07) is 10.3. The van der Waals surface area contributed by atoms with Gasteiger partial charge in [-0.15, -0.1) is 11.3 Å². The van der Waals surface area contributed by atoms with E-state index in [1.165, 1.54) is 23.2 Å². The van der Waals surface area contributed by atoms with Gasteiger partial charge in [-0.05, 0) is 51.8 Å². The van der Waals surface area contributed by atoms with E-state index in [1.807, 2.05) is 17.0 Å². The molecule has 1 amide bonds. The van der Waals surface area contributed by atoms with Crippen molar-refractivity contribution in [2.24, 2.45) is 0 Å². The van der Waals surface area contributed by atoms with E-state index in [1.54, 1.807) is 11.3 Å². The van der Waals surface area contributed by atoms with Crippen LogP contribution < -0.4 is 0 Å². The number of para-hydroxylation sites is 1. The molecule has 158 valence electrons. The van der Waals surface area contributed by atoms with Crippen LogP contribution in [0.2, 0.25) is 0 Å². The fraction of sp³-hybridized carbons (Fsp3) is 0.522. The van der Waals surface area contributed by atoms with Gasteiger partial charge >= 0.3 is 0 Å². The minimum atomic E-state index is -0.105. The molecule has 5 rings (SSSR count). The van der Waals surface area contributed by atoms with Crippen molar-refractivity contribution < 1.29 is 4.79 Å². The summed E-state index contributed by atoms with van der Waals surface area (Å²) in [7, 11) is 0. The molecule has 3 heterocycles.